The van der Waals surface area contributed by atoms with Crippen molar-refractivity contribution in [2.75, 3.05) is 6.54 Å². The summed E-state index contributed by atoms with van der Waals surface area (Å²) in [6, 6.07) is 9.22. The number of nitrogens with zero attached hydrogens (tertiary/aromatic N) is 2. The maximum Gasteiger partial charge on any atom is 0.265 e. The molecule has 0 saturated carbocycles. The summed E-state index contributed by atoms with van der Waals surface area (Å²) in [6.45, 7) is 3.79. The zero-order chi connectivity index (χ0) is 17.3. The molecule has 7 heteroatoms. The molecule has 1 N–H and O–H groups in total. The summed E-state index contributed by atoms with van der Waals surface area (Å²) < 4.78 is 0. The number of fused-ring (bicyclic) bond motifs is 1. The topological polar surface area (TPSA) is 62.3 Å². The fourth-order valence-electron chi connectivity index (χ4n) is 2.35. The van der Waals surface area contributed by atoms with Crippen LogP contribution in [0.15, 0.2) is 48.6 Å². The van der Waals surface area contributed by atoms with Crippen molar-refractivity contribution < 1.29 is 9.59 Å². The van der Waals surface area contributed by atoms with Gasteiger partial charge in [0.25, 0.3) is 11.8 Å². The van der Waals surface area contributed by atoms with Crippen LogP contribution in [0.5, 0.6) is 0 Å². The molecule has 0 unspecified atom stereocenters. The van der Waals surface area contributed by atoms with E-state index in [-0.39, 0.29) is 22.4 Å². The number of pyridine rings is 1. The molecular formula is C17H12ClN3O2S. The van der Waals surface area contributed by atoms with Crippen molar-refractivity contribution in [3.05, 3.63) is 59.3 Å². The van der Waals surface area contributed by atoms with Crippen LogP contribution in [0.4, 0.5) is 0 Å². The Morgan fingerprint density at radius 2 is 2.08 bits per heavy atom. The minimum Gasteiger partial charge on any atom is -0.298 e. The number of hydrogen-bond donors (Lipinski definition) is 1. The SMILES string of the molecule is C=CCN1C(=O)/C(=C/c2cc3ccccc3nc2Cl)C(=O)NC1=S. The molecule has 1 fully saturated rings. The normalized spacial score (nSPS) is 16.6. The minimum atomic E-state index is -0.561. The number of halogens is 1. The summed E-state index contributed by atoms with van der Waals surface area (Å²) >= 11 is 11.2. The van der Waals surface area contributed by atoms with Gasteiger partial charge in [0.2, 0.25) is 0 Å². The Hall–Kier alpha value is -2.57. The zero-order valence-corrected chi connectivity index (χ0v) is 14.0. The Bertz CT molecular complexity index is 923. The first-order chi connectivity index (χ1) is 11.5. The van der Waals surface area contributed by atoms with Gasteiger partial charge in [-0.2, -0.15) is 0 Å². The number of carbonyl (C=O) groups excluding carboxylic acids is 2. The molecular weight excluding hydrogens is 346 g/mol. The van der Waals surface area contributed by atoms with E-state index in [9.17, 15) is 9.59 Å². The molecule has 1 aromatic carbocycles. The molecule has 2 amide bonds. The van der Waals surface area contributed by atoms with Gasteiger partial charge < -0.3 is 0 Å². The molecule has 0 atom stereocenters. The van der Waals surface area contributed by atoms with E-state index in [4.69, 9.17) is 23.8 Å². The predicted octanol–water partition coefficient (Wildman–Crippen LogP) is 2.70. The molecule has 1 saturated heterocycles. The number of carbonyl (C=O) groups is 2. The zero-order valence-electron chi connectivity index (χ0n) is 12.5. The van der Waals surface area contributed by atoms with Crippen LogP contribution in [0, 0.1) is 0 Å². The van der Waals surface area contributed by atoms with Crippen LogP contribution in [0.2, 0.25) is 5.15 Å². The molecule has 1 aromatic heterocycles. The van der Waals surface area contributed by atoms with Crippen molar-refractivity contribution in [3.8, 4) is 0 Å². The fourth-order valence-corrected chi connectivity index (χ4v) is 2.80. The van der Waals surface area contributed by atoms with Gasteiger partial charge in [-0.25, -0.2) is 4.98 Å². The third kappa shape index (κ3) is 2.93. The summed E-state index contributed by atoms with van der Waals surface area (Å²) in [7, 11) is 0. The number of amides is 2. The summed E-state index contributed by atoms with van der Waals surface area (Å²) in [6.07, 6.45) is 2.96. The number of benzene rings is 1. The summed E-state index contributed by atoms with van der Waals surface area (Å²) in [5.41, 5.74) is 1.17. The Morgan fingerprint density at radius 1 is 1.33 bits per heavy atom. The van der Waals surface area contributed by atoms with Gasteiger partial charge in [-0.15, -0.1) is 6.58 Å². The molecule has 0 radical (unpaired) electrons. The van der Waals surface area contributed by atoms with E-state index in [2.05, 4.69) is 16.9 Å². The van der Waals surface area contributed by atoms with E-state index in [1.165, 1.54) is 17.1 Å². The molecule has 2 heterocycles. The van der Waals surface area contributed by atoms with Gasteiger partial charge in [0.1, 0.15) is 10.7 Å². The lowest BCUT2D eigenvalue weighted by Crippen LogP contribution is -2.53. The molecule has 1 aliphatic rings. The van der Waals surface area contributed by atoms with Crippen molar-refractivity contribution in [2.24, 2.45) is 0 Å². The summed E-state index contributed by atoms with van der Waals surface area (Å²) in [5, 5.41) is 3.62. The Morgan fingerprint density at radius 3 is 2.83 bits per heavy atom. The van der Waals surface area contributed by atoms with Gasteiger partial charge in [-0.1, -0.05) is 35.9 Å². The van der Waals surface area contributed by atoms with Crippen LogP contribution < -0.4 is 5.32 Å². The van der Waals surface area contributed by atoms with Gasteiger partial charge in [0.15, 0.2) is 5.11 Å². The van der Waals surface area contributed by atoms with Crippen molar-refractivity contribution in [1.82, 2.24) is 15.2 Å². The Balaban J connectivity index is 2.07. The van der Waals surface area contributed by atoms with Crippen LogP contribution in [-0.4, -0.2) is 33.4 Å². The van der Waals surface area contributed by atoms with Gasteiger partial charge in [0.05, 0.1) is 5.52 Å². The summed E-state index contributed by atoms with van der Waals surface area (Å²) in [5.74, 6) is -1.05. The highest BCUT2D eigenvalue weighted by Crippen LogP contribution is 2.24. The predicted molar refractivity (Wildman–Crippen MR) is 97.4 cm³/mol. The van der Waals surface area contributed by atoms with Gasteiger partial charge in [-0.05, 0) is 30.4 Å². The third-order valence-electron chi connectivity index (χ3n) is 3.50. The van der Waals surface area contributed by atoms with Gasteiger partial charge in [0, 0.05) is 17.5 Å². The maximum atomic E-state index is 12.5. The molecule has 0 spiro atoms. The number of hydrogen-bond acceptors (Lipinski definition) is 4. The summed E-state index contributed by atoms with van der Waals surface area (Å²) in [4.78, 5) is 30.2. The van der Waals surface area contributed by atoms with Crippen molar-refractivity contribution in [3.63, 3.8) is 0 Å². The molecule has 1 aliphatic heterocycles. The van der Waals surface area contributed by atoms with Crippen LogP contribution in [0.25, 0.3) is 17.0 Å². The van der Waals surface area contributed by atoms with Gasteiger partial charge >= 0.3 is 0 Å². The Labute approximate surface area is 148 Å². The van der Waals surface area contributed by atoms with Crippen LogP contribution in [0.1, 0.15) is 5.56 Å². The second-order valence-electron chi connectivity index (χ2n) is 5.08. The standard InChI is InChI=1S/C17H12ClN3O2S/c1-2-7-21-16(23)12(15(22)20-17(21)24)9-11-8-10-5-3-4-6-13(10)19-14(11)18/h2-6,8-9H,1,7H2,(H,20,22,24)/b12-9+. The molecule has 3 rings (SSSR count). The van der Waals surface area contributed by atoms with E-state index < -0.39 is 11.8 Å². The first kappa shape index (κ1) is 16.3. The molecule has 2 aromatic rings. The lowest BCUT2D eigenvalue weighted by molar-refractivity contribution is -0.128. The average Bonchev–Trinajstić information content (AvgIpc) is 2.55. The highest BCUT2D eigenvalue weighted by molar-refractivity contribution is 7.80. The Kier molecular flexibility index (Phi) is 4.42. The van der Waals surface area contributed by atoms with Crippen LogP contribution in [-0.2, 0) is 9.59 Å². The number of para-hydroxylation sites is 1. The smallest absolute Gasteiger partial charge is 0.265 e. The average molecular weight is 358 g/mol. The van der Waals surface area contributed by atoms with E-state index in [0.717, 1.165) is 10.9 Å². The van der Waals surface area contributed by atoms with Gasteiger partial charge in [-0.3, -0.25) is 19.8 Å². The highest BCUT2D eigenvalue weighted by Gasteiger charge is 2.32. The number of thiocarbonyl (C=S) groups is 1. The van der Waals surface area contributed by atoms with E-state index in [1.54, 1.807) is 6.07 Å². The molecule has 24 heavy (non-hydrogen) atoms. The lowest BCUT2D eigenvalue weighted by Gasteiger charge is -2.27. The molecule has 0 bridgehead atoms. The van der Waals surface area contributed by atoms with Crippen LogP contribution >= 0.6 is 23.8 Å². The van der Waals surface area contributed by atoms with Crippen molar-refractivity contribution in [2.45, 2.75) is 0 Å². The molecule has 5 nitrogen and oxygen atoms in total. The quantitative estimate of drug-likeness (QED) is 0.301. The van der Waals surface area contributed by atoms with E-state index >= 15 is 0 Å². The molecule has 120 valence electrons. The largest absolute Gasteiger partial charge is 0.298 e. The van der Waals surface area contributed by atoms with Crippen molar-refractivity contribution >= 4 is 57.7 Å². The first-order valence-electron chi connectivity index (χ1n) is 7.06. The first-order valence-corrected chi connectivity index (χ1v) is 7.85. The minimum absolute atomic E-state index is 0.0515. The molecule has 0 aliphatic carbocycles. The number of nitrogens with one attached hydrogen (secondary N) is 1. The van der Waals surface area contributed by atoms with Crippen molar-refractivity contribution in [1.29, 1.82) is 0 Å². The fraction of sp³-hybridized carbons (Fsp3) is 0.0588. The van der Waals surface area contributed by atoms with E-state index in [0.29, 0.717) is 5.56 Å². The number of aromatic nitrogens is 1. The van der Waals surface area contributed by atoms with E-state index in [1.807, 2.05) is 24.3 Å². The monoisotopic (exact) mass is 357 g/mol. The second-order valence-corrected chi connectivity index (χ2v) is 5.83. The maximum absolute atomic E-state index is 12.5. The lowest BCUT2D eigenvalue weighted by atomic mass is 10.1. The second kappa shape index (κ2) is 6.51. The van der Waals surface area contributed by atoms with Crippen LogP contribution in [0.3, 0.4) is 0 Å². The third-order valence-corrected chi connectivity index (χ3v) is 4.13. The highest BCUT2D eigenvalue weighted by atomic mass is 35.5. The number of rotatable bonds is 3.